The van der Waals surface area contributed by atoms with Gasteiger partial charge in [0.25, 0.3) is 5.91 Å². The number of likely N-dealkylation sites (tertiary alicyclic amines) is 1. The van der Waals surface area contributed by atoms with Crippen molar-refractivity contribution in [1.29, 1.82) is 0 Å². The van der Waals surface area contributed by atoms with Crippen molar-refractivity contribution in [2.24, 2.45) is 0 Å². The molecular weight excluding hydrogens is 412 g/mol. The van der Waals surface area contributed by atoms with E-state index in [1.807, 2.05) is 60.4 Å². The van der Waals surface area contributed by atoms with Crippen LogP contribution in [0.4, 0.5) is 17.6 Å². The van der Waals surface area contributed by atoms with Gasteiger partial charge in [-0.25, -0.2) is 9.97 Å². The lowest BCUT2D eigenvalue weighted by Crippen LogP contribution is -2.39. The van der Waals surface area contributed by atoms with Crippen LogP contribution in [0.15, 0.2) is 54.7 Å². The van der Waals surface area contributed by atoms with Crippen molar-refractivity contribution >= 4 is 23.5 Å². The predicted molar refractivity (Wildman–Crippen MR) is 130 cm³/mol. The average molecular weight is 443 g/mol. The Hall–Kier alpha value is -3.48. The molecule has 0 aliphatic carbocycles. The summed E-state index contributed by atoms with van der Waals surface area (Å²) in [5.74, 6) is 2.58. The fourth-order valence-corrected chi connectivity index (χ4v) is 4.69. The van der Waals surface area contributed by atoms with E-state index >= 15 is 0 Å². The number of benzene rings is 1. The van der Waals surface area contributed by atoms with Crippen molar-refractivity contribution in [1.82, 2.24) is 19.9 Å². The first-order chi connectivity index (χ1) is 16.2. The standard InChI is InChI=1S/C26H30N6O/c1-19-11-12-27-23(16-19)29-24-17-22(28-26(30-24)31-13-5-6-14-31)21-10-7-15-32(18-21)25(33)20-8-3-2-4-9-20/h2-4,8-9,11-12,16-17,21H,5-7,10,13-15,18H2,1H3,(H,27,28,29,30). The maximum absolute atomic E-state index is 13.1. The minimum atomic E-state index is 0.0939. The fourth-order valence-electron chi connectivity index (χ4n) is 4.69. The number of carbonyl (C=O) groups excluding carboxylic acids is 1. The number of amides is 1. The van der Waals surface area contributed by atoms with Crippen molar-refractivity contribution in [2.45, 2.75) is 38.5 Å². The second-order valence-corrected chi connectivity index (χ2v) is 8.97. The number of nitrogens with zero attached hydrogens (tertiary/aromatic N) is 5. The van der Waals surface area contributed by atoms with E-state index in [2.05, 4.69) is 15.2 Å². The number of aromatic nitrogens is 3. The second kappa shape index (κ2) is 9.57. The molecule has 4 heterocycles. The summed E-state index contributed by atoms with van der Waals surface area (Å²) in [6.45, 7) is 5.47. The molecule has 2 aliphatic heterocycles. The monoisotopic (exact) mass is 442 g/mol. The third-order valence-corrected chi connectivity index (χ3v) is 6.44. The van der Waals surface area contributed by atoms with E-state index in [0.29, 0.717) is 6.54 Å². The van der Waals surface area contributed by atoms with E-state index in [4.69, 9.17) is 9.97 Å². The van der Waals surface area contributed by atoms with Gasteiger partial charge in [-0.2, -0.15) is 4.98 Å². The molecule has 2 aromatic heterocycles. The highest BCUT2D eigenvalue weighted by atomic mass is 16.2. The number of rotatable bonds is 5. The quantitative estimate of drug-likeness (QED) is 0.625. The summed E-state index contributed by atoms with van der Waals surface area (Å²) in [5.41, 5.74) is 2.88. The van der Waals surface area contributed by atoms with Crippen molar-refractivity contribution in [3.05, 3.63) is 71.5 Å². The van der Waals surface area contributed by atoms with Crippen molar-refractivity contribution in [3.8, 4) is 0 Å². The largest absolute Gasteiger partial charge is 0.341 e. The summed E-state index contributed by atoms with van der Waals surface area (Å²) >= 11 is 0. The molecule has 0 saturated carbocycles. The maximum Gasteiger partial charge on any atom is 0.253 e. The summed E-state index contributed by atoms with van der Waals surface area (Å²) in [6.07, 6.45) is 6.11. The number of hydrogen-bond acceptors (Lipinski definition) is 6. The van der Waals surface area contributed by atoms with Gasteiger partial charge in [-0.1, -0.05) is 18.2 Å². The molecule has 3 aromatic rings. The van der Waals surface area contributed by atoms with E-state index in [0.717, 1.165) is 66.9 Å². The Morgan fingerprint density at radius 2 is 1.79 bits per heavy atom. The zero-order chi connectivity index (χ0) is 22.6. The molecule has 7 nitrogen and oxygen atoms in total. The Balaban J connectivity index is 1.42. The van der Waals surface area contributed by atoms with Gasteiger partial charge in [0.1, 0.15) is 11.6 Å². The molecule has 0 spiro atoms. The first kappa shape index (κ1) is 21.4. The second-order valence-electron chi connectivity index (χ2n) is 8.97. The molecule has 2 saturated heterocycles. The third kappa shape index (κ3) is 4.97. The molecular formula is C26H30N6O. The average Bonchev–Trinajstić information content (AvgIpc) is 3.39. The van der Waals surface area contributed by atoms with E-state index in [9.17, 15) is 4.79 Å². The number of nitrogens with one attached hydrogen (secondary N) is 1. The summed E-state index contributed by atoms with van der Waals surface area (Å²) in [5, 5.41) is 3.38. The number of hydrogen-bond donors (Lipinski definition) is 1. The van der Waals surface area contributed by atoms with Gasteiger partial charge in [-0.05, 0) is 62.4 Å². The smallest absolute Gasteiger partial charge is 0.253 e. The van der Waals surface area contributed by atoms with Crippen molar-refractivity contribution < 1.29 is 4.79 Å². The molecule has 2 fully saturated rings. The molecule has 33 heavy (non-hydrogen) atoms. The normalized spacial score (nSPS) is 18.4. The summed E-state index contributed by atoms with van der Waals surface area (Å²) in [7, 11) is 0. The minimum absolute atomic E-state index is 0.0939. The van der Waals surface area contributed by atoms with Gasteiger partial charge >= 0.3 is 0 Å². The highest BCUT2D eigenvalue weighted by Gasteiger charge is 2.28. The lowest BCUT2D eigenvalue weighted by atomic mass is 9.94. The third-order valence-electron chi connectivity index (χ3n) is 6.44. The lowest BCUT2D eigenvalue weighted by Gasteiger charge is -2.33. The van der Waals surface area contributed by atoms with Crippen LogP contribution in [0.3, 0.4) is 0 Å². The summed E-state index contributed by atoms with van der Waals surface area (Å²) in [6, 6.07) is 15.6. The Morgan fingerprint density at radius 1 is 0.970 bits per heavy atom. The Bertz CT molecular complexity index is 1110. The molecule has 5 rings (SSSR count). The summed E-state index contributed by atoms with van der Waals surface area (Å²) < 4.78 is 0. The van der Waals surface area contributed by atoms with E-state index in [-0.39, 0.29) is 11.8 Å². The van der Waals surface area contributed by atoms with Gasteiger partial charge < -0.3 is 15.1 Å². The predicted octanol–water partition coefficient (Wildman–Crippen LogP) is 4.54. The number of carbonyl (C=O) groups is 1. The Labute approximate surface area is 194 Å². The molecule has 170 valence electrons. The Morgan fingerprint density at radius 3 is 2.58 bits per heavy atom. The number of anilines is 3. The van der Waals surface area contributed by atoms with Gasteiger partial charge in [-0.3, -0.25) is 4.79 Å². The zero-order valence-corrected chi connectivity index (χ0v) is 19.1. The van der Waals surface area contributed by atoms with Crippen LogP contribution in [-0.2, 0) is 0 Å². The van der Waals surface area contributed by atoms with Gasteiger partial charge in [0.15, 0.2) is 0 Å². The summed E-state index contributed by atoms with van der Waals surface area (Å²) in [4.78, 5) is 31.5. The first-order valence-corrected chi connectivity index (χ1v) is 11.8. The van der Waals surface area contributed by atoms with Gasteiger partial charge in [-0.15, -0.1) is 0 Å². The van der Waals surface area contributed by atoms with Crippen molar-refractivity contribution in [2.75, 3.05) is 36.4 Å². The van der Waals surface area contributed by atoms with Crippen LogP contribution in [-0.4, -0.2) is 51.9 Å². The van der Waals surface area contributed by atoms with Gasteiger partial charge in [0.2, 0.25) is 5.95 Å². The van der Waals surface area contributed by atoms with Crippen LogP contribution in [0.2, 0.25) is 0 Å². The first-order valence-electron chi connectivity index (χ1n) is 11.8. The number of piperidine rings is 1. The minimum Gasteiger partial charge on any atom is -0.341 e. The molecule has 1 N–H and O–H groups in total. The molecule has 7 heteroatoms. The topological polar surface area (TPSA) is 74.2 Å². The highest BCUT2D eigenvalue weighted by molar-refractivity contribution is 5.94. The van der Waals surface area contributed by atoms with Crippen LogP contribution in [0.25, 0.3) is 0 Å². The van der Waals surface area contributed by atoms with E-state index < -0.39 is 0 Å². The van der Waals surface area contributed by atoms with Gasteiger partial charge in [0.05, 0.1) is 5.69 Å². The number of aryl methyl sites for hydroxylation is 1. The molecule has 0 bridgehead atoms. The van der Waals surface area contributed by atoms with Crippen LogP contribution < -0.4 is 10.2 Å². The fraction of sp³-hybridized carbons (Fsp3) is 0.385. The van der Waals surface area contributed by atoms with Gasteiger partial charge in [0, 0.05) is 49.9 Å². The van der Waals surface area contributed by atoms with E-state index in [1.165, 1.54) is 12.8 Å². The maximum atomic E-state index is 13.1. The Kier molecular flexibility index (Phi) is 6.19. The van der Waals surface area contributed by atoms with Crippen LogP contribution >= 0.6 is 0 Å². The molecule has 1 amide bonds. The molecule has 1 unspecified atom stereocenters. The number of pyridine rings is 1. The SMILES string of the molecule is Cc1ccnc(Nc2cc(C3CCCN(C(=O)c4ccccc4)C3)nc(N3CCCC3)n2)c1. The van der Waals surface area contributed by atoms with Crippen LogP contribution in [0.5, 0.6) is 0 Å². The van der Waals surface area contributed by atoms with Crippen molar-refractivity contribution in [3.63, 3.8) is 0 Å². The highest BCUT2D eigenvalue weighted by Crippen LogP contribution is 2.30. The van der Waals surface area contributed by atoms with Crippen LogP contribution in [0.1, 0.15) is 53.2 Å². The lowest BCUT2D eigenvalue weighted by molar-refractivity contribution is 0.0706. The molecule has 1 aromatic carbocycles. The van der Waals surface area contributed by atoms with Crippen LogP contribution in [0, 0.1) is 6.92 Å². The molecule has 0 radical (unpaired) electrons. The molecule has 1 atom stereocenters. The zero-order valence-electron chi connectivity index (χ0n) is 19.1. The molecule has 2 aliphatic rings. The van der Waals surface area contributed by atoms with E-state index in [1.54, 1.807) is 6.20 Å².